The number of nitrogens with one attached hydrogen (secondary N) is 2. The molecule has 162 valence electrons. The monoisotopic (exact) mass is 502 g/mol. The van der Waals surface area contributed by atoms with E-state index in [1.54, 1.807) is 17.5 Å². The molecule has 9 heteroatoms. The predicted octanol–water partition coefficient (Wildman–Crippen LogP) is 5.95. The first kappa shape index (κ1) is 22.8. The van der Waals surface area contributed by atoms with Gasteiger partial charge in [0.25, 0.3) is 0 Å². The van der Waals surface area contributed by atoms with E-state index in [1.807, 2.05) is 0 Å². The first-order chi connectivity index (χ1) is 14.3. The van der Waals surface area contributed by atoms with Crippen molar-refractivity contribution in [1.29, 1.82) is 0 Å². The van der Waals surface area contributed by atoms with Crippen molar-refractivity contribution < 1.29 is 22.8 Å². The molecule has 30 heavy (non-hydrogen) atoms. The number of thiophene rings is 1. The fraction of sp³-hybridized carbons (Fsp3) is 0.429. The van der Waals surface area contributed by atoms with Gasteiger partial charge >= 0.3 is 6.18 Å². The van der Waals surface area contributed by atoms with Gasteiger partial charge in [-0.15, -0.1) is 11.3 Å². The molecule has 2 N–H and O–H groups in total. The van der Waals surface area contributed by atoms with E-state index in [2.05, 4.69) is 26.6 Å². The number of alkyl halides is 4. The largest absolute Gasteiger partial charge is 0.417 e. The van der Waals surface area contributed by atoms with E-state index in [9.17, 15) is 22.8 Å². The molecule has 1 aliphatic carbocycles. The van der Waals surface area contributed by atoms with Crippen molar-refractivity contribution >= 4 is 44.6 Å². The van der Waals surface area contributed by atoms with Crippen molar-refractivity contribution in [2.24, 2.45) is 0 Å². The van der Waals surface area contributed by atoms with Crippen LogP contribution < -0.4 is 10.6 Å². The minimum Gasteiger partial charge on any atom is -0.369 e. The molecule has 1 heterocycles. The summed E-state index contributed by atoms with van der Waals surface area (Å²) in [5, 5.41) is 7.49. The summed E-state index contributed by atoms with van der Waals surface area (Å²) in [5.41, 5.74) is -1.49. The molecule has 0 spiro atoms. The number of Topliss-reactive ketones (excluding diaryl/α,β-unsaturated/α-hetero) is 1. The minimum absolute atomic E-state index is 0.00790. The molecule has 0 radical (unpaired) electrons. The number of hydrogen-bond acceptors (Lipinski definition) is 4. The van der Waals surface area contributed by atoms with Gasteiger partial charge in [0, 0.05) is 16.6 Å². The Balaban J connectivity index is 1.94. The number of carbonyl (C=O) groups excluding carboxylic acids is 2. The maximum Gasteiger partial charge on any atom is 0.417 e. The Hall–Kier alpha value is -1.87. The van der Waals surface area contributed by atoms with Gasteiger partial charge in [0.2, 0.25) is 5.91 Å². The molecule has 1 amide bonds. The van der Waals surface area contributed by atoms with Crippen LogP contribution in [-0.4, -0.2) is 23.1 Å². The summed E-state index contributed by atoms with van der Waals surface area (Å²) >= 11 is 4.29. The lowest BCUT2D eigenvalue weighted by Gasteiger charge is -2.27. The van der Waals surface area contributed by atoms with Crippen molar-refractivity contribution in [1.82, 2.24) is 5.32 Å². The fourth-order valence-electron chi connectivity index (χ4n) is 3.68. The Morgan fingerprint density at radius 3 is 2.47 bits per heavy atom. The summed E-state index contributed by atoms with van der Waals surface area (Å²) in [7, 11) is 0. The molecule has 0 bridgehead atoms. The van der Waals surface area contributed by atoms with Crippen LogP contribution in [0.4, 0.5) is 18.9 Å². The maximum atomic E-state index is 13.5. The van der Waals surface area contributed by atoms with E-state index in [0.29, 0.717) is 4.88 Å². The number of hydrogen-bond donors (Lipinski definition) is 2. The van der Waals surface area contributed by atoms with Crippen LogP contribution >= 0.6 is 27.3 Å². The van der Waals surface area contributed by atoms with Crippen LogP contribution in [0.5, 0.6) is 0 Å². The average molecular weight is 503 g/mol. The third-order valence-electron chi connectivity index (χ3n) is 5.11. The van der Waals surface area contributed by atoms with Gasteiger partial charge in [0.1, 0.15) is 6.04 Å². The van der Waals surface area contributed by atoms with Crippen LogP contribution in [-0.2, 0) is 11.0 Å². The van der Waals surface area contributed by atoms with Gasteiger partial charge in [-0.3, -0.25) is 9.59 Å². The lowest BCUT2D eigenvalue weighted by atomic mass is 9.95. The summed E-state index contributed by atoms with van der Waals surface area (Å²) in [4.78, 5) is 26.1. The zero-order chi connectivity index (χ0) is 21.7. The summed E-state index contributed by atoms with van der Waals surface area (Å²) in [6, 6.07) is 6.21. The smallest absolute Gasteiger partial charge is 0.369 e. The Labute approximate surface area is 185 Å². The van der Waals surface area contributed by atoms with Crippen LogP contribution in [0, 0.1) is 0 Å². The van der Waals surface area contributed by atoms with Gasteiger partial charge in [-0.25, -0.2) is 0 Å². The third-order valence-corrected chi connectivity index (χ3v) is 6.56. The van der Waals surface area contributed by atoms with Gasteiger partial charge in [0.05, 0.1) is 16.5 Å². The number of anilines is 1. The Morgan fingerprint density at radius 2 is 1.87 bits per heavy atom. The molecular weight excluding hydrogens is 481 g/mol. The zero-order valence-electron chi connectivity index (χ0n) is 16.1. The Kier molecular flexibility index (Phi) is 7.57. The molecule has 0 aliphatic heterocycles. The van der Waals surface area contributed by atoms with Crippen molar-refractivity contribution in [3.05, 3.63) is 51.7 Å². The standard InChI is InChI=1S/C21H22BrF3N2O2S/c22-12-16(28)18-14(21(23,24)25)8-4-9-15(18)27-19(17-10-5-11-30-17)20(29)26-13-6-2-1-3-7-13/h4-5,8-11,13,19,27H,1-3,6-7,12H2,(H,26,29). The molecule has 1 aliphatic rings. The lowest BCUT2D eigenvalue weighted by molar-refractivity contribution is -0.137. The van der Waals surface area contributed by atoms with Crippen LogP contribution in [0.15, 0.2) is 35.7 Å². The molecule has 1 aromatic heterocycles. The van der Waals surface area contributed by atoms with E-state index in [-0.39, 0.29) is 23.0 Å². The third kappa shape index (κ3) is 5.43. The number of benzene rings is 1. The van der Waals surface area contributed by atoms with Crippen molar-refractivity contribution in [3.8, 4) is 0 Å². The Morgan fingerprint density at radius 1 is 1.13 bits per heavy atom. The number of rotatable bonds is 7. The average Bonchev–Trinajstić information content (AvgIpc) is 3.25. The van der Waals surface area contributed by atoms with Crippen LogP contribution in [0.3, 0.4) is 0 Å². The van der Waals surface area contributed by atoms with Crippen molar-refractivity contribution in [2.45, 2.75) is 50.4 Å². The maximum absolute atomic E-state index is 13.5. The summed E-state index contributed by atoms with van der Waals surface area (Å²) in [6.45, 7) is 0. The van der Waals surface area contributed by atoms with E-state index >= 15 is 0 Å². The molecule has 1 fully saturated rings. The second kappa shape index (κ2) is 9.96. The van der Waals surface area contributed by atoms with E-state index in [0.717, 1.165) is 38.2 Å². The van der Waals surface area contributed by atoms with Crippen LogP contribution in [0.1, 0.15) is 58.9 Å². The van der Waals surface area contributed by atoms with E-state index in [4.69, 9.17) is 0 Å². The minimum atomic E-state index is -4.69. The quantitative estimate of drug-likeness (QED) is 0.363. The summed E-state index contributed by atoms with van der Waals surface area (Å²) in [5.74, 6) is -1.01. The highest BCUT2D eigenvalue weighted by molar-refractivity contribution is 9.09. The molecule has 2 aromatic rings. The second-order valence-corrected chi connectivity index (χ2v) is 8.76. The van der Waals surface area contributed by atoms with Crippen LogP contribution in [0.2, 0.25) is 0 Å². The molecular formula is C21H22BrF3N2O2S. The highest BCUT2D eigenvalue weighted by Crippen LogP contribution is 2.37. The van der Waals surface area contributed by atoms with Crippen LogP contribution in [0.25, 0.3) is 0 Å². The molecule has 0 saturated heterocycles. The molecule has 1 unspecified atom stereocenters. The predicted molar refractivity (Wildman–Crippen MR) is 115 cm³/mol. The number of carbonyl (C=O) groups is 2. The fourth-order valence-corrected chi connectivity index (χ4v) is 4.74. The highest BCUT2D eigenvalue weighted by atomic mass is 79.9. The van der Waals surface area contributed by atoms with Crippen molar-refractivity contribution in [3.63, 3.8) is 0 Å². The number of halogens is 4. The number of ketones is 1. The molecule has 1 atom stereocenters. The molecule has 3 rings (SSSR count). The highest BCUT2D eigenvalue weighted by Gasteiger charge is 2.37. The zero-order valence-corrected chi connectivity index (χ0v) is 18.5. The van der Waals surface area contributed by atoms with E-state index < -0.39 is 29.1 Å². The Bertz CT molecular complexity index is 881. The molecule has 1 saturated carbocycles. The summed E-state index contributed by atoms with van der Waals surface area (Å²) < 4.78 is 40.6. The first-order valence-corrected chi connectivity index (χ1v) is 11.7. The van der Waals surface area contributed by atoms with E-state index in [1.165, 1.54) is 23.5 Å². The number of amides is 1. The molecule has 4 nitrogen and oxygen atoms in total. The second-order valence-electron chi connectivity index (χ2n) is 7.22. The van der Waals surface area contributed by atoms with Gasteiger partial charge < -0.3 is 10.6 Å². The normalized spacial score (nSPS) is 16.1. The van der Waals surface area contributed by atoms with Gasteiger partial charge in [-0.05, 0) is 36.4 Å². The summed E-state index contributed by atoms with van der Waals surface area (Å²) in [6.07, 6.45) is 0.313. The van der Waals surface area contributed by atoms with Gasteiger partial charge in [-0.1, -0.05) is 47.3 Å². The SMILES string of the molecule is O=C(CBr)c1c(NC(C(=O)NC2CCCCC2)c2cccs2)cccc1C(F)(F)F. The topological polar surface area (TPSA) is 58.2 Å². The van der Waals surface area contributed by atoms with Gasteiger partial charge in [-0.2, -0.15) is 13.2 Å². The van der Waals surface area contributed by atoms with Gasteiger partial charge in [0.15, 0.2) is 5.78 Å². The van der Waals surface area contributed by atoms with Crippen molar-refractivity contribution in [2.75, 3.05) is 10.6 Å². The first-order valence-electron chi connectivity index (χ1n) is 9.71. The molecule has 1 aromatic carbocycles. The lowest BCUT2D eigenvalue weighted by Crippen LogP contribution is -2.41.